The number of aliphatic carboxylic acids is 1. The van der Waals surface area contributed by atoms with E-state index in [9.17, 15) is 18.0 Å². The molecule has 0 spiro atoms. The van der Waals surface area contributed by atoms with Crippen LogP contribution in [0.1, 0.15) is 34.1 Å². The summed E-state index contributed by atoms with van der Waals surface area (Å²) in [4.78, 5) is 23.3. The van der Waals surface area contributed by atoms with Gasteiger partial charge in [0.25, 0.3) is 10.0 Å². The van der Waals surface area contributed by atoms with Crippen molar-refractivity contribution in [1.29, 1.82) is 0 Å². The topological polar surface area (TPSA) is 113 Å². The molecule has 0 saturated carbocycles. The number of nitrogens with one attached hydrogen (secondary N) is 2. The summed E-state index contributed by atoms with van der Waals surface area (Å²) in [6.45, 7) is 6.64. The first-order valence-electron chi connectivity index (χ1n) is 7.07. The highest BCUT2D eigenvalue weighted by atomic mass is 32.2. The average molecular weight is 362 g/mol. The minimum absolute atomic E-state index is 0.120. The van der Waals surface area contributed by atoms with Gasteiger partial charge in [-0.25, -0.2) is 8.42 Å². The summed E-state index contributed by atoms with van der Waals surface area (Å²) in [5.74, 6) is -1.74. The lowest BCUT2D eigenvalue weighted by Gasteiger charge is -2.34. The predicted octanol–water partition coefficient (Wildman–Crippen LogP) is 1.42. The van der Waals surface area contributed by atoms with E-state index in [1.54, 1.807) is 32.2 Å². The molecule has 9 heteroatoms. The van der Waals surface area contributed by atoms with Crippen molar-refractivity contribution in [3.8, 4) is 0 Å². The zero-order chi connectivity index (χ0) is 17.8. The molecular weight excluding hydrogens is 340 g/mol. The maximum Gasteiger partial charge on any atom is 0.305 e. The van der Waals surface area contributed by atoms with Crippen molar-refractivity contribution in [2.24, 2.45) is 5.92 Å². The SMILES string of the molecule is CC(NS(=O)(=O)c1cccs1)C(=O)NC(C)(CC(=O)O)C(C)C. The van der Waals surface area contributed by atoms with E-state index in [1.807, 2.05) is 0 Å². The minimum Gasteiger partial charge on any atom is -0.481 e. The Morgan fingerprint density at radius 1 is 1.35 bits per heavy atom. The van der Waals surface area contributed by atoms with Crippen LogP contribution in [0.15, 0.2) is 21.7 Å². The zero-order valence-electron chi connectivity index (χ0n) is 13.5. The molecule has 0 bridgehead atoms. The van der Waals surface area contributed by atoms with Crippen LogP contribution in [-0.4, -0.2) is 37.0 Å². The fraction of sp³-hybridized carbons (Fsp3) is 0.571. The molecule has 3 N–H and O–H groups in total. The van der Waals surface area contributed by atoms with Gasteiger partial charge in [-0.3, -0.25) is 9.59 Å². The molecular formula is C14H22N2O5S2. The van der Waals surface area contributed by atoms with Crippen molar-refractivity contribution >= 4 is 33.2 Å². The van der Waals surface area contributed by atoms with Gasteiger partial charge in [-0.05, 0) is 31.2 Å². The molecule has 0 fully saturated rings. The van der Waals surface area contributed by atoms with E-state index in [0.29, 0.717) is 0 Å². The monoisotopic (exact) mass is 362 g/mol. The number of thiophene rings is 1. The lowest BCUT2D eigenvalue weighted by molar-refractivity contribution is -0.139. The molecule has 2 unspecified atom stereocenters. The summed E-state index contributed by atoms with van der Waals surface area (Å²) in [7, 11) is -3.77. The number of hydrogen-bond acceptors (Lipinski definition) is 5. The van der Waals surface area contributed by atoms with Crippen molar-refractivity contribution < 1.29 is 23.1 Å². The molecule has 2 atom stereocenters. The summed E-state index contributed by atoms with van der Waals surface area (Å²) in [5.41, 5.74) is -0.967. The van der Waals surface area contributed by atoms with Gasteiger partial charge in [-0.15, -0.1) is 11.3 Å². The molecule has 1 amide bonds. The van der Waals surface area contributed by atoms with Crippen LogP contribution < -0.4 is 10.0 Å². The minimum atomic E-state index is -3.77. The standard InChI is InChI=1S/C14H22N2O5S2/c1-9(2)14(4,8-11(17)18)15-13(19)10(3)16-23(20,21)12-6-5-7-22-12/h5-7,9-10,16H,8H2,1-4H3,(H,15,19)(H,17,18). The van der Waals surface area contributed by atoms with Crippen LogP contribution >= 0.6 is 11.3 Å². The summed E-state index contributed by atoms with van der Waals surface area (Å²) >= 11 is 1.05. The number of rotatable bonds is 8. The Bertz CT molecular complexity index is 655. The smallest absolute Gasteiger partial charge is 0.305 e. The van der Waals surface area contributed by atoms with Gasteiger partial charge in [0.05, 0.1) is 18.0 Å². The summed E-state index contributed by atoms with van der Waals surface area (Å²) < 4.78 is 26.6. The van der Waals surface area contributed by atoms with Gasteiger partial charge in [0, 0.05) is 0 Å². The number of carbonyl (C=O) groups excluding carboxylic acids is 1. The molecule has 1 rings (SSSR count). The van der Waals surface area contributed by atoms with Crippen molar-refractivity contribution in [1.82, 2.24) is 10.0 Å². The highest BCUT2D eigenvalue weighted by Crippen LogP contribution is 2.21. The van der Waals surface area contributed by atoms with Crippen LogP contribution in [0.25, 0.3) is 0 Å². The Labute approximate surface area is 140 Å². The van der Waals surface area contributed by atoms with Crippen LogP contribution in [-0.2, 0) is 19.6 Å². The summed E-state index contributed by atoms with van der Waals surface area (Å²) in [6.07, 6.45) is -0.249. The van der Waals surface area contributed by atoms with E-state index in [-0.39, 0.29) is 16.5 Å². The van der Waals surface area contributed by atoms with E-state index in [1.165, 1.54) is 13.0 Å². The Morgan fingerprint density at radius 2 is 1.96 bits per heavy atom. The number of carbonyl (C=O) groups is 2. The third-order valence-corrected chi connectivity index (χ3v) is 6.62. The molecule has 0 aliphatic carbocycles. The van der Waals surface area contributed by atoms with Gasteiger partial charge >= 0.3 is 5.97 Å². The van der Waals surface area contributed by atoms with Crippen molar-refractivity contribution in [3.05, 3.63) is 17.5 Å². The number of hydrogen-bond donors (Lipinski definition) is 3. The van der Waals surface area contributed by atoms with E-state index in [4.69, 9.17) is 5.11 Å². The Balaban J connectivity index is 2.82. The van der Waals surface area contributed by atoms with Gasteiger partial charge in [-0.2, -0.15) is 4.72 Å². The van der Waals surface area contributed by atoms with Crippen molar-refractivity contribution in [2.45, 2.75) is 49.9 Å². The fourth-order valence-electron chi connectivity index (χ4n) is 1.86. The first-order valence-corrected chi connectivity index (χ1v) is 9.44. The van der Waals surface area contributed by atoms with E-state index in [0.717, 1.165) is 11.3 Å². The van der Waals surface area contributed by atoms with Crippen LogP contribution in [0, 0.1) is 5.92 Å². The molecule has 23 heavy (non-hydrogen) atoms. The second-order valence-corrected chi connectivity index (χ2v) is 8.80. The molecule has 0 aliphatic rings. The molecule has 7 nitrogen and oxygen atoms in total. The number of sulfonamides is 1. The van der Waals surface area contributed by atoms with Gasteiger partial charge in [0.2, 0.25) is 5.91 Å². The van der Waals surface area contributed by atoms with Gasteiger partial charge < -0.3 is 10.4 Å². The van der Waals surface area contributed by atoms with Crippen LogP contribution in [0.5, 0.6) is 0 Å². The molecule has 1 heterocycles. The highest BCUT2D eigenvalue weighted by molar-refractivity contribution is 7.91. The van der Waals surface area contributed by atoms with Crippen molar-refractivity contribution in [3.63, 3.8) is 0 Å². The first kappa shape index (κ1) is 19.6. The third kappa shape index (κ3) is 5.29. The van der Waals surface area contributed by atoms with Crippen LogP contribution in [0.2, 0.25) is 0 Å². The third-order valence-electron chi connectivity index (χ3n) is 3.69. The number of amides is 1. The van der Waals surface area contributed by atoms with Gasteiger partial charge in [0.1, 0.15) is 4.21 Å². The maximum absolute atomic E-state index is 12.3. The lowest BCUT2D eigenvalue weighted by atomic mass is 9.85. The molecule has 0 saturated heterocycles. The van der Waals surface area contributed by atoms with Crippen molar-refractivity contribution in [2.75, 3.05) is 0 Å². The zero-order valence-corrected chi connectivity index (χ0v) is 15.1. The van der Waals surface area contributed by atoms with Gasteiger partial charge in [-0.1, -0.05) is 19.9 Å². The fourth-order valence-corrected chi connectivity index (χ4v) is 4.07. The largest absolute Gasteiger partial charge is 0.481 e. The normalized spacial score (nSPS) is 15.9. The summed E-state index contributed by atoms with van der Waals surface area (Å²) in [5, 5.41) is 13.3. The van der Waals surface area contributed by atoms with E-state index in [2.05, 4.69) is 10.0 Å². The quantitative estimate of drug-likeness (QED) is 0.647. The molecule has 1 aromatic heterocycles. The summed E-state index contributed by atoms with van der Waals surface area (Å²) in [6, 6.07) is 2.03. The Morgan fingerprint density at radius 3 is 2.39 bits per heavy atom. The van der Waals surface area contributed by atoms with Gasteiger partial charge in [0.15, 0.2) is 0 Å². The second-order valence-electron chi connectivity index (χ2n) is 5.91. The molecule has 0 aliphatic heterocycles. The number of carboxylic acids is 1. The molecule has 0 radical (unpaired) electrons. The second kappa shape index (κ2) is 7.41. The van der Waals surface area contributed by atoms with Crippen LogP contribution in [0.4, 0.5) is 0 Å². The first-order chi connectivity index (χ1) is 10.5. The Kier molecular flexibility index (Phi) is 6.32. The molecule has 130 valence electrons. The van der Waals surface area contributed by atoms with E-state index >= 15 is 0 Å². The highest BCUT2D eigenvalue weighted by Gasteiger charge is 2.34. The molecule has 1 aromatic rings. The molecule has 0 aromatic carbocycles. The lowest BCUT2D eigenvalue weighted by Crippen LogP contribution is -2.56. The average Bonchev–Trinajstić information content (AvgIpc) is 2.91. The van der Waals surface area contributed by atoms with Crippen LogP contribution in [0.3, 0.4) is 0 Å². The number of carboxylic acid groups (broad SMARTS) is 1. The Hall–Kier alpha value is -1.45. The van der Waals surface area contributed by atoms with E-state index < -0.39 is 33.5 Å². The maximum atomic E-state index is 12.3. The predicted molar refractivity (Wildman–Crippen MR) is 87.7 cm³/mol.